The largest absolute Gasteiger partial charge is 0.497 e. The summed E-state index contributed by atoms with van der Waals surface area (Å²) < 4.78 is 11.2. The Bertz CT molecular complexity index is 893. The van der Waals surface area contributed by atoms with Crippen LogP contribution in [-0.2, 0) is 0 Å². The molecule has 3 aromatic rings. The minimum atomic E-state index is 0.504. The highest BCUT2D eigenvalue weighted by Crippen LogP contribution is 2.26. The molecule has 0 aliphatic carbocycles. The van der Waals surface area contributed by atoms with Crippen molar-refractivity contribution in [2.45, 2.75) is 13.8 Å². The van der Waals surface area contributed by atoms with Gasteiger partial charge in [-0.15, -0.1) is 0 Å². The second-order valence-electron chi connectivity index (χ2n) is 5.28. The first kappa shape index (κ1) is 14.2. The lowest BCUT2D eigenvalue weighted by molar-refractivity contribution is 0.302. The van der Waals surface area contributed by atoms with E-state index in [0.29, 0.717) is 16.7 Å². The van der Waals surface area contributed by atoms with Gasteiger partial charge in [0.1, 0.15) is 22.5 Å². The van der Waals surface area contributed by atoms with Gasteiger partial charge >= 0.3 is 0 Å². The van der Waals surface area contributed by atoms with Crippen LogP contribution in [0.3, 0.4) is 0 Å². The summed E-state index contributed by atoms with van der Waals surface area (Å²) in [6, 6.07) is 13.3. The highest BCUT2D eigenvalue weighted by Gasteiger charge is 2.09. The van der Waals surface area contributed by atoms with Gasteiger partial charge < -0.3 is 14.4 Å². The van der Waals surface area contributed by atoms with E-state index >= 15 is 0 Å². The Balaban J connectivity index is 2.27. The maximum atomic E-state index is 9.35. The third kappa shape index (κ3) is 2.44. The van der Waals surface area contributed by atoms with Crippen LogP contribution in [0.1, 0.15) is 11.1 Å². The fraction of sp³-hybridized carbons (Fsp3) is 0.167. The number of rotatable bonds is 2. The predicted molar refractivity (Wildman–Crippen MR) is 85.0 cm³/mol. The number of fused-ring (bicyclic) bond motifs is 1. The highest BCUT2D eigenvalue weighted by molar-refractivity contribution is 5.82. The molecule has 0 radical (unpaired) electrons. The van der Waals surface area contributed by atoms with E-state index in [-0.39, 0.29) is 0 Å². The van der Waals surface area contributed by atoms with Crippen LogP contribution in [0.4, 0.5) is 0 Å². The Kier molecular flexibility index (Phi) is 3.59. The molecule has 0 saturated heterocycles. The Morgan fingerprint density at radius 3 is 2.41 bits per heavy atom. The van der Waals surface area contributed by atoms with Crippen LogP contribution in [0.15, 0.2) is 52.0 Å². The molecule has 0 aliphatic heterocycles. The first-order valence-corrected chi connectivity index (χ1v) is 7.00. The summed E-state index contributed by atoms with van der Waals surface area (Å²) in [4.78, 5) is 0. The molecule has 3 rings (SSSR count). The van der Waals surface area contributed by atoms with Gasteiger partial charge in [-0.05, 0) is 55.3 Å². The van der Waals surface area contributed by atoms with Crippen molar-refractivity contribution < 1.29 is 14.4 Å². The SMILES string of the molecule is COc1ccc(-c2c/c(=N\O)c3c(C)cc(C)cc3o2)cc1. The number of nitrogens with zero attached hydrogens (tertiary/aromatic N) is 1. The lowest BCUT2D eigenvalue weighted by atomic mass is 10.1. The molecular weight excluding hydrogens is 278 g/mol. The zero-order valence-electron chi connectivity index (χ0n) is 12.8. The molecule has 1 N–H and O–H groups in total. The zero-order valence-corrected chi connectivity index (χ0v) is 12.8. The summed E-state index contributed by atoms with van der Waals surface area (Å²) in [5.41, 5.74) is 3.72. The van der Waals surface area contributed by atoms with Crippen molar-refractivity contribution >= 4 is 11.0 Å². The molecule has 4 nitrogen and oxygen atoms in total. The van der Waals surface area contributed by atoms with Crippen LogP contribution >= 0.6 is 0 Å². The summed E-state index contributed by atoms with van der Waals surface area (Å²) in [5, 5.41) is 14.1. The minimum Gasteiger partial charge on any atom is -0.497 e. The molecule has 4 heteroatoms. The van der Waals surface area contributed by atoms with Gasteiger partial charge in [-0.3, -0.25) is 0 Å². The number of ether oxygens (including phenoxy) is 1. The third-order valence-corrected chi connectivity index (χ3v) is 3.67. The molecule has 0 bridgehead atoms. The van der Waals surface area contributed by atoms with Gasteiger partial charge in [0.15, 0.2) is 0 Å². The van der Waals surface area contributed by atoms with Crippen molar-refractivity contribution in [2.24, 2.45) is 5.16 Å². The van der Waals surface area contributed by atoms with E-state index in [1.165, 1.54) is 0 Å². The molecule has 2 aromatic carbocycles. The van der Waals surface area contributed by atoms with Crippen molar-refractivity contribution in [3.05, 3.63) is 58.9 Å². The summed E-state index contributed by atoms with van der Waals surface area (Å²) in [6.07, 6.45) is 0. The van der Waals surface area contributed by atoms with E-state index in [4.69, 9.17) is 9.15 Å². The average Bonchev–Trinajstić information content (AvgIpc) is 2.53. The van der Waals surface area contributed by atoms with Gasteiger partial charge in [-0.2, -0.15) is 0 Å². The van der Waals surface area contributed by atoms with Crippen molar-refractivity contribution in [1.29, 1.82) is 0 Å². The normalized spacial score (nSPS) is 11.9. The van der Waals surface area contributed by atoms with Crippen LogP contribution in [0.25, 0.3) is 22.3 Å². The molecule has 0 spiro atoms. The zero-order chi connectivity index (χ0) is 15.7. The molecule has 0 fully saturated rings. The Labute approximate surface area is 128 Å². The third-order valence-electron chi connectivity index (χ3n) is 3.67. The fourth-order valence-corrected chi connectivity index (χ4v) is 2.66. The first-order chi connectivity index (χ1) is 10.6. The van der Waals surface area contributed by atoms with Gasteiger partial charge in [-0.1, -0.05) is 11.2 Å². The summed E-state index contributed by atoms with van der Waals surface area (Å²) in [5.74, 6) is 1.43. The monoisotopic (exact) mass is 295 g/mol. The lowest BCUT2D eigenvalue weighted by Gasteiger charge is -2.08. The van der Waals surface area contributed by atoms with Gasteiger partial charge in [-0.25, -0.2) is 0 Å². The van der Waals surface area contributed by atoms with Crippen molar-refractivity contribution in [3.63, 3.8) is 0 Å². The van der Waals surface area contributed by atoms with Crippen LogP contribution in [0.2, 0.25) is 0 Å². The fourth-order valence-electron chi connectivity index (χ4n) is 2.66. The topological polar surface area (TPSA) is 55.0 Å². The molecule has 0 aliphatic rings. The quantitative estimate of drug-likeness (QED) is 0.574. The van der Waals surface area contributed by atoms with Gasteiger partial charge in [0.2, 0.25) is 0 Å². The van der Waals surface area contributed by atoms with E-state index in [9.17, 15) is 5.21 Å². The van der Waals surface area contributed by atoms with E-state index in [0.717, 1.165) is 27.8 Å². The smallest absolute Gasteiger partial charge is 0.137 e. The average molecular weight is 295 g/mol. The van der Waals surface area contributed by atoms with Gasteiger partial charge in [0, 0.05) is 17.0 Å². The summed E-state index contributed by atoms with van der Waals surface area (Å²) in [7, 11) is 1.63. The summed E-state index contributed by atoms with van der Waals surface area (Å²) in [6.45, 7) is 3.99. The van der Waals surface area contributed by atoms with Gasteiger partial charge in [0.25, 0.3) is 0 Å². The number of hydrogen-bond donors (Lipinski definition) is 1. The minimum absolute atomic E-state index is 0.504. The highest BCUT2D eigenvalue weighted by atomic mass is 16.5. The van der Waals surface area contributed by atoms with Crippen molar-refractivity contribution in [2.75, 3.05) is 7.11 Å². The molecular formula is C18H17NO3. The molecule has 0 saturated carbocycles. The van der Waals surface area contributed by atoms with Crippen LogP contribution in [-0.4, -0.2) is 12.3 Å². The van der Waals surface area contributed by atoms with Crippen LogP contribution in [0, 0.1) is 13.8 Å². The van der Waals surface area contributed by atoms with Gasteiger partial charge in [0.05, 0.1) is 7.11 Å². The van der Waals surface area contributed by atoms with Crippen molar-refractivity contribution in [3.8, 4) is 17.1 Å². The second-order valence-corrected chi connectivity index (χ2v) is 5.28. The number of methoxy groups -OCH3 is 1. The van der Waals surface area contributed by atoms with E-state index in [2.05, 4.69) is 5.16 Å². The molecule has 1 heterocycles. The standard InChI is InChI=1S/C18H17NO3/c1-11-8-12(2)18-15(19-20)10-16(22-17(18)9-11)13-4-6-14(21-3)7-5-13/h4-10,20H,1-3H3/b19-15+. The number of aryl methyl sites for hydroxylation is 2. The lowest BCUT2D eigenvalue weighted by Crippen LogP contribution is -2.05. The molecule has 0 unspecified atom stereocenters. The van der Waals surface area contributed by atoms with Crippen LogP contribution < -0.4 is 10.1 Å². The van der Waals surface area contributed by atoms with E-state index in [1.807, 2.05) is 50.2 Å². The molecule has 0 amide bonds. The van der Waals surface area contributed by atoms with E-state index < -0.39 is 0 Å². The van der Waals surface area contributed by atoms with E-state index in [1.54, 1.807) is 13.2 Å². The molecule has 112 valence electrons. The maximum Gasteiger partial charge on any atom is 0.137 e. The van der Waals surface area contributed by atoms with Crippen LogP contribution in [0.5, 0.6) is 5.75 Å². The first-order valence-electron chi connectivity index (χ1n) is 7.00. The maximum absolute atomic E-state index is 9.35. The Hall–Kier alpha value is -2.75. The molecule has 0 atom stereocenters. The Morgan fingerprint density at radius 1 is 1.05 bits per heavy atom. The Morgan fingerprint density at radius 2 is 1.77 bits per heavy atom. The second kappa shape index (κ2) is 5.56. The van der Waals surface area contributed by atoms with Crippen molar-refractivity contribution in [1.82, 2.24) is 0 Å². The number of benzene rings is 2. The number of hydrogen-bond acceptors (Lipinski definition) is 4. The predicted octanol–water partition coefficient (Wildman–Crippen LogP) is 4.02. The summed E-state index contributed by atoms with van der Waals surface area (Å²) >= 11 is 0. The molecule has 22 heavy (non-hydrogen) atoms. The molecule has 1 aromatic heterocycles.